The van der Waals surface area contributed by atoms with E-state index in [2.05, 4.69) is 17.4 Å². The molecular weight excluding hydrogens is 224 g/mol. The molecule has 100 valence electrons. The van der Waals surface area contributed by atoms with Crippen molar-refractivity contribution in [2.75, 3.05) is 12.3 Å². The third kappa shape index (κ3) is 2.68. The fourth-order valence-electron chi connectivity index (χ4n) is 2.66. The Labute approximate surface area is 109 Å². The van der Waals surface area contributed by atoms with Crippen LogP contribution in [0.5, 0.6) is 0 Å². The molecule has 3 heteroatoms. The number of nitrogens with two attached hydrogens (primary N) is 1. The van der Waals surface area contributed by atoms with Crippen molar-refractivity contribution in [3.8, 4) is 0 Å². The molecule has 0 amide bonds. The average molecular weight is 248 g/mol. The summed E-state index contributed by atoms with van der Waals surface area (Å²) in [4.78, 5) is 0. The number of hydrogen-bond donors (Lipinski definition) is 3. The minimum absolute atomic E-state index is 0.366. The van der Waals surface area contributed by atoms with Crippen molar-refractivity contribution in [3.05, 3.63) is 29.3 Å². The summed E-state index contributed by atoms with van der Waals surface area (Å²) in [7, 11) is 0. The van der Waals surface area contributed by atoms with Gasteiger partial charge in [0.2, 0.25) is 0 Å². The van der Waals surface area contributed by atoms with Crippen LogP contribution in [-0.2, 0) is 6.42 Å². The van der Waals surface area contributed by atoms with E-state index >= 15 is 0 Å². The molecule has 0 aliphatic heterocycles. The Bertz CT molecular complexity index is 413. The van der Waals surface area contributed by atoms with Crippen LogP contribution in [0.4, 0.5) is 5.69 Å². The molecule has 2 rings (SSSR count). The molecule has 0 fully saturated rings. The van der Waals surface area contributed by atoms with Crippen LogP contribution in [0.15, 0.2) is 18.2 Å². The van der Waals surface area contributed by atoms with E-state index in [-0.39, 0.29) is 0 Å². The van der Waals surface area contributed by atoms with E-state index in [4.69, 9.17) is 5.73 Å². The van der Waals surface area contributed by atoms with Gasteiger partial charge in [-0.1, -0.05) is 19.9 Å². The van der Waals surface area contributed by atoms with Gasteiger partial charge in [0.25, 0.3) is 0 Å². The van der Waals surface area contributed by atoms with Gasteiger partial charge < -0.3 is 16.2 Å². The normalized spacial score (nSPS) is 18.9. The predicted molar refractivity (Wildman–Crippen MR) is 75.5 cm³/mol. The van der Waals surface area contributed by atoms with E-state index in [0.29, 0.717) is 12.6 Å². The van der Waals surface area contributed by atoms with Crippen LogP contribution in [-0.4, -0.2) is 17.3 Å². The molecule has 0 saturated carbocycles. The molecule has 1 unspecified atom stereocenters. The third-order valence-corrected chi connectivity index (χ3v) is 4.24. The molecule has 0 saturated heterocycles. The second kappa shape index (κ2) is 5.29. The molecule has 0 heterocycles. The van der Waals surface area contributed by atoms with E-state index in [9.17, 15) is 5.11 Å². The molecule has 18 heavy (non-hydrogen) atoms. The molecule has 1 atom stereocenters. The molecule has 1 aromatic carbocycles. The van der Waals surface area contributed by atoms with Gasteiger partial charge in [-0.15, -0.1) is 0 Å². The number of nitrogens with one attached hydrogen (secondary N) is 1. The maximum absolute atomic E-state index is 10.3. The summed E-state index contributed by atoms with van der Waals surface area (Å²) in [6.07, 6.45) is 3.76. The lowest BCUT2D eigenvalue weighted by atomic mass is 9.96. The Morgan fingerprint density at radius 1 is 1.39 bits per heavy atom. The number of nitrogen functional groups attached to an aromatic ring is 1. The molecule has 0 spiro atoms. The van der Waals surface area contributed by atoms with E-state index in [1.807, 2.05) is 19.9 Å². The predicted octanol–water partition coefficient (Wildman–Crippen LogP) is 2.40. The van der Waals surface area contributed by atoms with E-state index in [0.717, 1.165) is 31.4 Å². The second-order valence-corrected chi connectivity index (χ2v) is 5.36. The van der Waals surface area contributed by atoms with Gasteiger partial charge in [0.05, 0.1) is 5.60 Å². The Hall–Kier alpha value is -1.06. The SMILES string of the molecule is CCC(O)(CC)CNC1CCc2cc(N)ccc21. The molecule has 1 aliphatic carbocycles. The number of benzene rings is 1. The van der Waals surface area contributed by atoms with Gasteiger partial charge in [0.15, 0.2) is 0 Å². The van der Waals surface area contributed by atoms with Gasteiger partial charge in [-0.25, -0.2) is 0 Å². The minimum atomic E-state index is -0.573. The summed E-state index contributed by atoms with van der Waals surface area (Å²) in [6.45, 7) is 4.73. The molecule has 0 radical (unpaired) electrons. The minimum Gasteiger partial charge on any atom is -0.399 e. The standard InChI is InChI=1S/C15H24N2O/c1-3-15(18,4-2)10-17-14-8-5-11-9-12(16)6-7-13(11)14/h6-7,9,14,17-18H,3-5,8,10,16H2,1-2H3. The molecule has 1 aromatic rings. The Morgan fingerprint density at radius 3 is 2.78 bits per heavy atom. The highest BCUT2D eigenvalue weighted by Crippen LogP contribution is 2.32. The number of fused-ring (bicyclic) bond motifs is 1. The maximum atomic E-state index is 10.3. The zero-order valence-corrected chi connectivity index (χ0v) is 11.4. The van der Waals surface area contributed by atoms with E-state index < -0.39 is 5.60 Å². The summed E-state index contributed by atoms with van der Waals surface area (Å²) in [5.74, 6) is 0. The number of anilines is 1. The van der Waals surface area contributed by atoms with E-state index in [1.54, 1.807) is 0 Å². The van der Waals surface area contributed by atoms with E-state index in [1.165, 1.54) is 11.1 Å². The van der Waals surface area contributed by atoms with Crippen molar-refractivity contribution in [1.82, 2.24) is 5.32 Å². The molecule has 1 aliphatic rings. The zero-order valence-electron chi connectivity index (χ0n) is 11.4. The lowest BCUT2D eigenvalue weighted by molar-refractivity contribution is 0.0298. The summed E-state index contributed by atoms with van der Waals surface area (Å²) < 4.78 is 0. The van der Waals surface area contributed by atoms with Crippen LogP contribution in [0.1, 0.15) is 50.3 Å². The molecular formula is C15H24N2O. The summed E-state index contributed by atoms with van der Waals surface area (Å²) in [6, 6.07) is 6.52. The van der Waals surface area contributed by atoms with Gasteiger partial charge in [0, 0.05) is 18.3 Å². The van der Waals surface area contributed by atoms with Crippen LogP contribution < -0.4 is 11.1 Å². The van der Waals surface area contributed by atoms with Crippen molar-refractivity contribution >= 4 is 5.69 Å². The van der Waals surface area contributed by atoms with Crippen LogP contribution in [0.25, 0.3) is 0 Å². The van der Waals surface area contributed by atoms with Crippen LogP contribution in [0.3, 0.4) is 0 Å². The molecule has 0 bridgehead atoms. The fourth-order valence-corrected chi connectivity index (χ4v) is 2.66. The van der Waals surface area contributed by atoms with Crippen molar-refractivity contribution in [1.29, 1.82) is 0 Å². The first kappa shape index (κ1) is 13.4. The van der Waals surface area contributed by atoms with Crippen LogP contribution >= 0.6 is 0 Å². The molecule has 0 aromatic heterocycles. The first-order chi connectivity index (χ1) is 8.58. The summed E-state index contributed by atoms with van der Waals surface area (Å²) in [5, 5.41) is 13.8. The third-order valence-electron chi connectivity index (χ3n) is 4.24. The summed E-state index contributed by atoms with van der Waals surface area (Å²) in [5.41, 5.74) is 8.77. The number of hydrogen-bond acceptors (Lipinski definition) is 3. The van der Waals surface area contributed by atoms with Crippen molar-refractivity contribution in [2.24, 2.45) is 0 Å². The average Bonchev–Trinajstić information content (AvgIpc) is 2.78. The van der Waals surface area contributed by atoms with Gasteiger partial charge >= 0.3 is 0 Å². The fraction of sp³-hybridized carbons (Fsp3) is 0.600. The maximum Gasteiger partial charge on any atom is 0.0766 e. The Morgan fingerprint density at radius 2 is 2.11 bits per heavy atom. The molecule has 3 nitrogen and oxygen atoms in total. The lowest BCUT2D eigenvalue weighted by Gasteiger charge is -2.27. The Kier molecular flexibility index (Phi) is 3.93. The first-order valence-electron chi connectivity index (χ1n) is 6.92. The largest absolute Gasteiger partial charge is 0.399 e. The first-order valence-corrected chi connectivity index (χ1v) is 6.92. The van der Waals surface area contributed by atoms with Gasteiger partial charge in [-0.2, -0.15) is 0 Å². The Balaban J connectivity index is 2.02. The van der Waals surface area contributed by atoms with Gasteiger partial charge in [0.1, 0.15) is 0 Å². The van der Waals surface area contributed by atoms with Gasteiger partial charge in [-0.05, 0) is 48.9 Å². The van der Waals surface area contributed by atoms with Crippen LogP contribution in [0, 0.1) is 0 Å². The number of aliphatic hydroxyl groups is 1. The summed E-state index contributed by atoms with van der Waals surface area (Å²) >= 11 is 0. The number of aryl methyl sites for hydroxylation is 1. The highest BCUT2D eigenvalue weighted by molar-refractivity contribution is 5.47. The van der Waals surface area contributed by atoms with Gasteiger partial charge in [-0.3, -0.25) is 0 Å². The highest BCUT2D eigenvalue weighted by Gasteiger charge is 2.27. The van der Waals surface area contributed by atoms with Crippen molar-refractivity contribution < 1.29 is 5.11 Å². The second-order valence-electron chi connectivity index (χ2n) is 5.36. The number of rotatable bonds is 5. The molecule has 4 N–H and O–H groups in total. The quantitative estimate of drug-likeness (QED) is 0.701. The van der Waals surface area contributed by atoms with Crippen LogP contribution in [0.2, 0.25) is 0 Å². The lowest BCUT2D eigenvalue weighted by Crippen LogP contribution is -2.40. The zero-order chi connectivity index (χ0) is 13.2. The van der Waals surface area contributed by atoms with Crippen molar-refractivity contribution in [2.45, 2.75) is 51.2 Å². The highest BCUT2D eigenvalue weighted by atomic mass is 16.3. The smallest absolute Gasteiger partial charge is 0.0766 e. The topological polar surface area (TPSA) is 58.3 Å². The monoisotopic (exact) mass is 248 g/mol. The van der Waals surface area contributed by atoms with Crippen molar-refractivity contribution in [3.63, 3.8) is 0 Å².